The molecule has 0 bridgehead atoms. The zero-order valence-corrected chi connectivity index (χ0v) is 14.0. The maximum atomic E-state index is 5.89. The fourth-order valence-electron chi connectivity index (χ4n) is 3.00. The van der Waals surface area contributed by atoms with Gasteiger partial charge >= 0.3 is 0 Å². The van der Waals surface area contributed by atoms with Gasteiger partial charge in [-0.1, -0.05) is 0 Å². The Bertz CT molecular complexity index is 558. The third-order valence-electron chi connectivity index (χ3n) is 4.02. The van der Waals surface area contributed by atoms with Crippen molar-refractivity contribution in [1.82, 2.24) is 5.32 Å². The van der Waals surface area contributed by atoms with Crippen molar-refractivity contribution in [2.75, 3.05) is 33.4 Å². The van der Waals surface area contributed by atoms with Crippen molar-refractivity contribution in [2.24, 2.45) is 4.99 Å². The maximum Gasteiger partial charge on any atom is 0.134 e. The zero-order valence-electron chi connectivity index (χ0n) is 12.4. The summed E-state index contributed by atoms with van der Waals surface area (Å²) in [5.41, 5.74) is 4.04. The second-order valence-electron chi connectivity index (χ2n) is 5.40. The number of benzene rings is 1. The standard InChI is InChI=1S/C16H21BrN2O2/c1-20-8-9-21-14-10-13(16-18-6-7-19-16)11-4-2-3-5-12(11)15(14)17/h10H,2-9H2,1H3,(H,18,19). The van der Waals surface area contributed by atoms with Crippen LogP contribution < -0.4 is 10.1 Å². The number of hydrogen-bond acceptors (Lipinski definition) is 4. The Morgan fingerprint density at radius 2 is 2.05 bits per heavy atom. The summed E-state index contributed by atoms with van der Waals surface area (Å²) >= 11 is 3.74. The summed E-state index contributed by atoms with van der Waals surface area (Å²) < 4.78 is 12.1. The van der Waals surface area contributed by atoms with Gasteiger partial charge in [-0.2, -0.15) is 0 Å². The molecule has 1 aliphatic carbocycles. The van der Waals surface area contributed by atoms with Crippen molar-refractivity contribution in [1.29, 1.82) is 0 Å². The molecule has 21 heavy (non-hydrogen) atoms. The van der Waals surface area contributed by atoms with Crippen molar-refractivity contribution >= 4 is 21.8 Å². The Morgan fingerprint density at radius 1 is 1.24 bits per heavy atom. The second kappa shape index (κ2) is 6.79. The van der Waals surface area contributed by atoms with E-state index in [4.69, 9.17) is 9.47 Å². The van der Waals surface area contributed by atoms with E-state index in [9.17, 15) is 0 Å². The van der Waals surface area contributed by atoms with Gasteiger partial charge in [0.1, 0.15) is 18.2 Å². The smallest absolute Gasteiger partial charge is 0.134 e. The molecule has 2 aliphatic rings. The highest BCUT2D eigenvalue weighted by molar-refractivity contribution is 9.10. The molecule has 1 aromatic carbocycles. The van der Waals surface area contributed by atoms with E-state index in [2.05, 4.69) is 32.3 Å². The van der Waals surface area contributed by atoms with Gasteiger partial charge in [0.25, 0.3) is 0 Å². The summed E-state index contributed by atoms with van der Waals surface area (Å²) in [5.74, 6) is 1.93. The number of nitrogens with zero attached hydrogens (tertiary/aromatic N) is 1. The van der Waals surface area contributed by atoms with E-state index in [0.717, 1.165) is 42.0 Å². The molecule has 5 heteroatoms. The lowest BCUT2D eigenvalue weighted by molar-refractivity contribution is 0.146. The Hall–Kier alpha value is -1.07. The van der Waals surface area contributed by atoms with E-state index in [1.807, 2.05) is 0 Å². The Labute approximate surface area is 134 Å². The van der Waals surface area contributed by atoms with E-state index in [-0.39, 0.29) is 0 Å². The highest BCUT2D eigenvalue weighted by atomic mass is 79.9. The van der Waals surface area contributed by atoms with Gasteiger partial charge in [-0.15, -0.1) is 0 Å². The molecule has 0 saturated carbocycles. The monoisotopic (exact) mass is 352 g/mol. The minimum Gasteiger partial charge on any atom is -0.490 e. The molecule has 0 aromatic heterocycles. The third-order valence-corrected chi connectivity index (χ3v) is 4.89. The first-order chi connectivity index (χ1) is 10.3. The van der Waals surface area contributed by atoms with Crippen LogP contribution >= 0.6 is 15.9 Å². The van der Waals surface area contributed by atoms with E-state index < -0.39 is 0 Å². The predicted molar refractivity (Wildman–Crippen MR) is 87.6 cm³/mol. The molecule has 114 valence electrons. The SMILES string of the molecule is COCCOc1cc(C2=NCCN2)c2c(c1Br)CCCC2. The molecule has 0 unspecified atom stereocenters. The number of amidine groups is 1. The zero-order chi connectivity index (χ0) is 14.7. The van der Waals surface area contributed by atoms with Crippen LogP contribution in [0.4, 0.5) is 0 Å². The Kier molecular flexibility index (Phi) is 4.80. The molecule has 0 radical (unpaired) electrons. The minimum absolute atomic E-state index is 0.563. The molecule has 1 N–H and O–H groups in total. The molecule has 1 aliphatic heterocycles. The molecule has 0 saturated heterocycles. The lowest BCUT2D eigenvalue weighted by Crippen LogP contribution is -2.23. The Balaban J connectivity index is 1.99. The molecule has 4 nitrogen and oxygen atoms in total. The molecular formula is C16H21BrN2O2. The Morgan fingerprint density at radius 3 is 2.76 bits per heavy atom. The average Bonchev–Trinajstić information content (AvgIpc) is 3.04. The van der Waals surface area contributed by atoms with Crippen molar-refractivity contribution in [2.45, 2.75) is 25.7 Å². The molecule has 0 atom stereocenters. The first-order valence-electron chi connectivity index (χ1n) is 7.56. The topological polar surface area (TPSA) is 42.9 Å². The van der Waals surface area contributed by atoms with Gasteiger partial charge in [0.2, 0.25) is 0 Å². The van der Waals surface area contributed by atoms with Gasteiger partial charge in [-0.05, 0) is 58.8 Å². The van der Waals surface area contributed by atoms with Gasteiger partial charge in [0.15, 0.2) is 0 Å². The second-order valence-corrected chi connectivity index (χ2v) is 6.19. The normalized spacial score (nSPS) is 17.1. The van der Waals surface area contributed by atoms with Crippen LogP contribution in [-0.4, -0.2) is 39.2 Å². The summed E-state index contributed by atoms with van der Waals surface area (Å²) in [6.45, 7) is 2.95. The summed E-state index contributed by atoms with van der Waals surface area (Å²) in [4.78, 5) is 4.59. The van der Waals surface area contributed by atoms with Crippen molar-refractivity contribution in [3.05, 3.63) is 27.2 Å². The predicted octanol–water partition coefficient (Wildman–Crippen LogP) is 2.70. The minimum atomic E-state index is 0.563. The highest BCUT2D eigenvalue weighted by Crippen LogP contribution is 2.38. The number of methoxy groups -OCH3 is 1. The van der Waals surface area contributed by atoms with Crippen LogP contribution in [0.5, 0.6) is 5.75 Å². The lowest BCUT2D eigenvalue weighted by atomic mass is 9.87. The number of hydrogen-bond donors (Lipinski definition) is 1. The summed E-state index contributed by atoms with van der Waals surface area (Å²) in [5, 5.41) is 3.39. The highest BCUT2D eigenvalue weighted by Gasteiger charge is 2.23. The fraction of sp³-hybridized carbons (Fsp3) is 0.562. The van der Waals surface area contributed by atoms with Crippen LogP contribution in [0.3, 0.4) is 0 Å². The first kappa shape index (κ1) is 14.9. The lowest BCUT2D eigenvalue weighted by Gasteiger charge is -2.23. The molecule has 0 fully saturated rings. The van der Waals surface area contributed by atoms with Crippen molar-refractivity contribution in [3.63, 3.8) is 0 Å². The number of halogens is 1. The van der Waals surface area contributed by atoms with Crippen LogP contribution in [0.25, 0.3) is 0 Å². The van der Waals surface area contributed by atoms with Crippen LogP contribution in [0.1, 0.15) is 29.5 Å². The van der Waals surface area contributed by atoms with Gasteiger partial charge in [-0.3, -0.25) is 4.99 Å². The summed E-state index contributed by atoms with van der Waals surface area (Å²) in [7, 11) is 1.69. The van der Waals surface area contributed by atoms with E-state index >= 15 is 0 Å². The maximum absolute atomic E-state index is 5.89. The van der Waals surface area contributed by atoms with E-state index in [0.29, 0.717) is 13.2 Å². The molecule has 3 rings (SSSR count). The molecule has 1 heterocycles. The number of fused-ring (bicyclic) bond motifs is 1. The van der Waals surface area contributed by atoms with Gasteiger partial charge in [0.05, 0.1) is 17.6 Å². The average molecular weight is 353 g/mol. The van der Waals surface area contributed by atoms with Crippen LogP contribution in [-0.2, 0) is 17.6 Å². The molecular weight excluding hydrogens is 332 g/mol. The van der Waals surface area contributed by atoms with Gasteiger partial charge in [-0.25, -0.2) is 0 Å². The van der Waals surface area contributed by atoms with Gasteiger partial charge < -0.3 is 14.8 Å². The van der Waals surface area contributed by atoms with Crippen molar-refractivity contribution < 1.29 is 9.47 Å². The van der Waals surface area contributed by atoms with Gasteiger partial charge in [0, 0.05) is 19.2 Å². The number of rotatable bonds is 5. The van der Waals surface area contributed by atoms with Crippen LogP contribution in [0.2, 0.25) is 0 Å². The number of aliphatic imine (C=N–C) groups is 1. The number of ether oxygens (including phenoxy) is 2. The fourth-order valence-corrected chi connectivity index (χ4v) is 3.67. The van der Waals surface area contributed by atoms with Crippen LogP contribution in [0, 0.1) is 0 Å². The number of nitrogens with one attached hydrogen (secondary N) is 1. The summed E-state index contributed by atoms with van der Waals surface area (Å²) in [6, 6.07) is 2.13. The summed E-state index contributed by atoms with van der Waals surface area (Å²) in [6.07, 6.45) is 4.73. The van der Waals surface area contributed by atoms with E-state index in [1.54, 1.807) is 7.11 Å². The largest absolute Gasteiger partial charge is 0.490 e. The molecule has 0 amide bonds. The molecule has 1 aromatic rings. The third kappa shape index (κ3) is 3.09. The van der Waals surface area contributed by atoms with Crippen LogP contribution in [0.15, 0.2) is 15.5 Å². The molecule has 0 spiro atoms. The van der Waals surface area contributed by atoms with E-state index in [1.165, 1.54) is 29.5 Å². The first-order valence-corrected chi connectivity index (χ1v) is 8.35. The quantitative estimate of drug-likeness (QED) is 0.828. The van der Waals surface area contributed by atoms with Crippen molar-refractivity contribution in [3.8, 4) is 5.75 Å².